The van der Waals surface area contributed by atoms with Crippen molar-refractivity contribution < 1.29 is 39.1 Å². The average Bonchev–Trinajstić information content (AvgIpc) is 3.01. The second kappa shape index (κ2) is 8.62. The smallest absolute Gasteiger partial charge is 0.354 e. The van der Waals surface area contributed by atoms with E-state index in [9.17, 15) is 43.9 Å². The predicted octanol–water partition coefficient (Wildman–Crippen LogP) is -1.58. The van der Waals surface area contributed by atoms with Gasteiger partial charge in [-0.2, -0.15) is 4.39 Å². The van der Waals surface area contributed by atoms with Crippen molar-refractivity contribution in [3.05, 3.63) is 62.3 Å². The standard InChI is InChI=1S/C19H17B2ClF2N4O7/c1-7-13(14(26-6-29)9-4-8(23)2-3-10(9)22)11(25)5-12-15(7)28(19(21,34)35)16(30)27(12)17(20,31)18(24,32)33/h2-6,14,31-35H,25H2,1H3,(H,26,29). The number of rotatable bonds is 7. The molecule has 0 saturated carbocycles. The Labute approximate surface area is 202 Å². The Kier molecular flexibility index (Phi) is 6.57. The van der Waals surface area contributed by atoms with Crippen molar-refractivity contribution in [2.45, 2.75) is 30.4 Å². The number of nitrogens with zero attached hydrogens (tertiary/aromatic N) is 2. The molecular weight excluding hydrogens is 491 g/mol. The Bertz CT molecular complexity index is 1380. The zero-order valence-electron chi connectivity index (χ0n) is 17.8. The number of fused-ring (bicyclic) bond motifs is 1. The molecule has 8 N–H and O–H groups in total. The van der Waals surface area contributed by atoms with Crippen LogP contribution in [0.4, 0.5) is 14.5 Å². The quantitative estimate of drug-likeness (QED) is 0.0863. The molecule has 182 valence electrons. The maximum absolute atomic E-state index is 14.0. The summed E-state index contributed by atoms with van der Waals surface area (Å²) in [5.74, 6) is -4.23. The van der Waals surface area contributed by atoms with Gasteiger partial charge in [0, 0.05) is 21.8 Å². The average molecular weight is 508 g/mol. The molecule has 4 radical (unpaired) electrons. The number of hydrogen-bond acceptors (Lipinski definition) is 8. The zero-order valence-corrected chi connectivity index (χ0v) is 18.5. The minimum Gasteiger partial charge on any atom is -0.398 e. The third-order valence-corrected chi connectivity index (χ3v) is 5.73. The molecule has 0 aliphatic rings. The lowest BCUT2D eigenvalue weighted by molar-refractivity contribution is -0.348. The highest BCUT2D eigenvalue weighted by Crippen LogP contribution is 2.39. The van der Waals surface area contributed by atoms with E-state index < -0.39 is 46.1 Å². The molecule has 0 fully saturated rings. The van der Waals surface area contributed by atoms with Crippen molar-refractivity contribution >= 4 is 50.4 Å². The Morgan fingerprint density at radius 1 is 1.17 bits per heavy atom. The fraction of sp³-hybridized carbons (Fsp3) is 0.263. The Morgan fingerprint density at radius 2 is 1.77 bits per heavy atom. The Morgan fingerprint density at radius 3 is 2.29 bits per heavy atom. The third-order valence-electron chi connectivity index (χ3n) is 5.38. The highest BCUT2D eigenvalue weighted by atomic mass is 35.5. The van der Waals surface area contributed by atoms with Gasteiger partial charge in [-0.3, -0.25) is 9.36 Å². The van der Waals surface area contributed by atoms with Gasteiger partial charge in [0.1, 0.15) is 5.82 Å². The third kappa shape index (κ3) is 4.30. The van der Waals surface area contributed by atoms with Crippen molar-refractivity contribution in [3.8, 4) is 0 Å². The summed E-state index contributed by atoms with van der Waals surface area (Å²) in [5, 5.41) is 51.3. The van der Waals surface area contributed by atoms with E-state index >= 15 is 0 Å². The number of nitrogens with two attached hydrogens (primary N) is 1. The topological polar surface area (TPSA) is 183 Å². The van der Waals surface area contributed by atoms with Crippen molar-refractivity contribution in [2.75, 3.05) is 5.73 Å². The summed E-state index contributed by atoms with van der Waals surface area (Å²) in [5.41, 5.74) is -1.09. The van der Waals surface area contributed by atoms with Gasteiger partial charge in [0.15, 0.2) is 27.1 Å². The molecule has 16 heteroatoms. The molecule has 1 heterocycles. The largest absolute Gasteiger partial charge is 0.398 e. The number of amides is 1. The molecule has 1 amide bonds. The SMILES string of the molecule is [B]C(O)(O)n1c(=O)n(C([B])(O)C(O)(O)F)c2cc(N)c(C(NC=O)c3cc(F)ccc3Cl)c(C)c21. The number of hydrogen-bond donors (Lipinski definition) is 7. The van der Waals surface area contributed by atoms with Crippen molar-refractivity contribution in [2.24, 2.45) is 0 Å². The first kappa shape index (κ1) is 26.7. The summed E-state index contributed by atoms with van der Waals surface area (Å²) >= 11 is 6.17. The van der Waals surface area contributed by atoms with Gasteiger partial charge < -0.3 is 36.6 Å². The van der Waals surface area contributed by atoms with E-state index in [1.54, 1.807) is 0 Å². The molecule has 3 aromatic rings. The van der Waals surface area contributed by atoms with Crippen LogP contribution >= 0.6 is 11.6 Å². The van der Waals surface area contributed by atoms with Gasteiger partial charge in [-0.1, -0.05) is 11.6 Å². The summed E-state index contributed by atoms with van der Waals surface area (Å²) in [6, 6.07) is -1.77. The van der Waals surface area contributed by atoms with Gasteiger partial charge in [0.25, 0.3) is 0 Å². The number of halogens is 3. The van der Waals surface area contributed by atoms with E-state index in [0.29, 0.717) is 0 Å². The number of alkyl halides is 1. The molecule has 11 nitrogen and oxygen atoms in total. The number of aliphatic hydroxyl groups is 5. The molecule has 35 heavy (non-hydrogen) atoms. The normalized spacial score (nSPS) is 15.1. The number of nitrogens with one attached hydrogen (secondary N) is 1. The second-order valence-electron chi connectivity index (χ2n) is 7.71. The van der Waals surface area contributed by atoms with Gasteiger partial charge in [0.05, 0.1) is 17.1 Å². The number of carbonyl (C=O) groups excluding carboxylic acids is 1. The van der Waals surface area contributed by atoms with Crippen LogP contribution in [-0.2, 0) is 16.2 Å². The molecule has 1 aromatic heterocycles. The monoisotopic (exact) mass is 508 g/mol. The summed E-state index contributed by atoms with van der Waals surface area (Å²) in [6.45, 7) is 1.25. The van der Waals surface area contributed by atoms with E-state index in [4.69, 9.17) is 33.0 Å². The number of anilines is 1. The van der Waals surface area contributed by atoms with Crippen LogP contribution in [0.25, 0.3) is 11.0 Å². The van der Waals surface area contributed by atoms with Crippen molar-refractivity contribution in [3.63, 3.8) is 0 Å². The maximum Gasteiger partial charge on any atom is 0.354 e. The summed E-state index contributed by atoms with van der Waals surface area (Å²) < 4.78 is 27.8. The summed E-state index contributed by atoms with van der Waals surface area (Å²) in [6.07, 6.45) is 0.242. The zero-order chi connectivity index (χ0) is 26.7. The second-order valence-corrected chi connectivity index (χ2v) is 8.12. The molecule has 0 saturated heterocycles. The number of imidazole rings is 1. The highest BCUT2D eigenvalue weighted by Gasteiger charge is 2.49. The summed E-state index contributed by atoms with van der Waals surface area (Å²) in [4.78, 5) is 24.4. The number of benzene rings is 2. The lowest BCUT2D eigenvalue weighted by atomic mass is 9.88. The minimum absolute atomic E-state index is 0.00352. The van der Waals surface area contributed by atoms with Gasteiger partial charge >= 0.3 is 11.7 Å². The first-order chi connectivity index (χ1) is 15.9. The fourth-order valence-corrected chi connectivity index (χ4v) is 4.10. The molecule has 2 aromatic carbocycles. The van der Waals surface area contributed by atoms with Crippen LogP contribution in [0.2, 0.25) is 5.02 Å². The molecule has 0 spiro atoms. The summed E-state index contributed by atoms with van der Waals surface area (Å²) in [7, 11) is 10.6. The van der Waals surface area contributed by atoms with Gasteiger partial charge in [-0.15, -0.1) is 0 Å². The van der Waals surface area contributed by atoms with Gasteiger partial charge in [-0.25, -0.2) is 13.8 Å². The van der Waals surface area contributed by atoms with Crippen LogP contribution in [-0.4, -0.2) is 62.8 Å². The van der Waals surface area contributed by atoms with Crippen LogP contribution in [0.5, 0.6) is 0 Å². The van der Waals surface area contributed by atoms with E-state index in [-0.39, 0.29) is 42.9 Å². The molecular formula is C19H17B2ClF2N4O7. The lowest BCUT2D eigenvalue weighted by Crippen LogP contribution is -2.57. The van der Waals surface area contributed by atoms with Crippen LogP contribution in [0.1, 0.15) is 22.7 Å². The molecule has 0 bridgehead atoms. The predicted molar refractivity (Wildman–Crippen MR) is 120 cm³/mol. The highest BCUT2D eigenvalue weighted by molar-refractivity contribution is 6.31. The van der Waals surface area contributed by atoms with E-state index in [1.165, 1.54) is 13.0 Å². The molecule has 3 rings (SSSR count). The fourth-order valence-electron chi connectivity index (χ4n) is 3.87. The maximum atomic E-state index is 14.0. The van der Waals surface area contributed by atoms with E-state index in [2.05, 4.69) is 5.32 Å². The molecule has 0 aliphatic heterocycles. The molecule has 0 aliphatic carbocycles. The van der Waals surface area contributed by atoms with Gasteiger partial charge in [-0.05, 0) is 36.8 Å². The van der Waals surface area contributed by atoms with Crippen molar-refractivity contribution in [1.29, 1.82) is 0 Å². The van der Waals surface area contributed by atoms with Crippen LogP contribution < -0.4 is 16.7 Å². The first-order valence-corrected chi connectivity index (χ1v) is 9.93. The van der Waals surface area contributed by atoms with Crippen LogP contribution in [0, 0.1) is 12.7 Å². The van der Waals surface area contributed by atoms with Crippen molar-refractivity contribution in [1.82, 2.24) is 14.5 Å². The lowest BCUT2D eigenvalue weighted by Gasteiger charge is -2.32. The van der Waals surface area contributed by atoms with Crippen LogP contribution in [0.15, 0.2) is 29.1 Å². The molecule has 2 atom stereocenters. The number of carbonyl (C=O) groups is 1. The van der Waals surface area contributed by atoms with Crippen LogP contribution in [0.3, 0.4) is 0 Å². The van der Waals surface area contributed by atoms with E-state index in [0.717, 1.165) is 18.2 Å². The minimum atomic E-state index is -4.61. The van der Waals surface area contributed by atoms with Gasteiger partial charge in [0.2, 0.25) is 6.41 Å². The Balaban J connectivity index is 2.53. The number of aryl methyl sites for hydroxylation is 1. The molecule has 2 unspecified atom stereocenters. The number of nitrogen functional groups attached to an aromatic ring is 1. The Hall–Kier alpha value is -2.94. The first-order valence-electron chi connectivity index (χ1n) is 9.55. The number of aromatic nitrogens is 2. The van der Waals surface area contributed by atoms with E-state index in [1.807, 2.05) is 0 Å².